The molecule has 4 atom stereocenters. The molecular formula is C33H30Cl2N4O7. The molecule has 6 rings (SSSR count). The van der Waals surface area contributed by atoms with E-state index >= 15 is 0 Å². The van der Waals surface area contributed by atoms with Crippen molar-refractivity contribution < 1.29 is 34.4 Å². The minimum atomic E-state index is -1.34. The Morgan fingerprint density at radius 2 is 1.83 bits per heavy atom. The first-order chi connectivity index (χ1) is 22.3. The maximum Gasteiger partial charge on any atom is 0.343 e. The number of hydrogen-bond donors (Lipinski definition) is 4. The summed E-state index contributed by atoms with van der Waals surface area (Å²) in [6.45, 7) is -0.140. The number of carbonyl (C=O) groups is 1. The number of nitrogens with zero attached hydrogens (tertiary/aromatic N) is 3. The molecule has 46 heavy (non-hydrogen) atoms. The molecule has 0 amide bonds. The molecule has 5 aromatic rings. The Morgan fingerprint density at radius 1 is 1.02 bits per heavy atom. The molecule has 2 aromatic heterocycles. The first-order valence-electron chi connectivity index (χ1n) is 14.4. The second-order valence-corrected chi connectivity index (χ2v) is 11.5. The van der Waals surface area contributed by atoms with Crippen molar-refractivity contribution in [1.82, 2.24) is 14.5 Å². The molecular weight excluding hydrogens is 635 g/mol. The number of carbonyl (C=O) groups excluding carboxylic acids is 1. The lowest BCUT2D eigenvalue weighted by Gasteiger charge is -2.18. The Morgan fingerprint density at radius 3 is 2.57 bits per heavy atom. The van der Waals surface area contributed by atoms with E-state index in [1.807, 2.05) is 42.5 Å². The Balaban J connectivity index is 1.35. The van der Waals surface area contributed by atoms with Gasteiger partial charge in [0.2, 0.25) is 5.49 Å². The van der Waals surface area contributed by atoms with Crippen LogP contribution >= 0.6 is 23.2 Å². The maximum atomic E-state index is 13.5. The average molecular weight is 666 g/mol. The van der Waals surface area contributed by atoms with Gasteiger partial charge in [-0.3, -0.25) is 0 Å². The van der Waals surface area contributed by atoms with Crippen LogP contribution in [0.2, 0.25) is 10.0 Å². The molecule has 238 valence electrons. The molecule has 1 aliphatic rings. The lowest BCUT2D eigenvalue weighted by molar-refractivity contribution is -0.0343. The summed E-state index contributed by atoms with van der Waals surface area (Å²) in [5.74, 6) is -0.423. The zero-order chi connectivity index (χ0) is 32.4. The molecule has 1 saturated heterocycles. The predicted octanol–water partition coefficient (Wildman–Crippen LogP) is 4.42. The number of fused-ring (bicyclic) bond motifs is 1. The van der Waals surface area contributed by atoms with E-state index < -0.39 is 30.5 Å². The number of rotatable bonds is 9. The second kappa shape index (κ2) is 13.6. The third kappa shape index (κ3) is 6.25. The van der Waals surface area contributed by atoms with Crippen LogP contribution in [0.1, 0.15) is 27.7 Å². The molecule has 0 saturated carbocycles. The Bertz CT molecular complexity index is 1950. The van der Waals surface area contributed by atoms with Crippen molar-refractivity contribution >= 4 is 40.2 Å². The van der Waals surface area contributed by atoms with Gasteiger partial charge in [-0.05, 0) is 46.9 Å². The second-order valence-electron chi connectivity index (χ2n) is 10.7. The van der Waals surface area contributed by atoms with Crippen molar-refractivity contribution in [2.75, 3.05) is 13.7 Å². The van der Waals surface area contributed by atoms with Gasteiger partial charge in [0.05, 0.1) is 33.4 Å². The smallest absolute Gasteiger partial charge is 0.343 e. The molecule has 0 spiro atoms. The number of halogens is 2. The van der Waals surface area contributed by atoms with Gasteiger partial charge in [0.25, 0.3) is 0 Å². The number of hydrogen-bond acceptors (Lipinski definition) is 9. The van der Waals surface area contributed by atoms with Crippen molar-refractivity contribution in [3.63, 3.8) is 0 Å². The number of esters is 1. The Hall–Kier alpha value is -4.23. The largest absolute Gasteiger partial charge is 0.423 e. The quantitative estimate of drug-likeness (QED) is 0.103. The van der Waals surface area contributed by atoms with E-state index in [9.17, 15) is 20.1 Å². The van der Waals surface area contributed by atoms with Crippen LogP contribution in [0.25, 0.3) is 22.2 Å². The van der Waals surface area contributed by atoms with E-state index in [1.165, 1.54) is 25.6 Å². The van der Waals surface area contributed by atoms with E-state index in [0.29, 0.717) is 27.2 Å². The number of ether oxygens (including phenoxy) is 2. The fraction of sp³-hybridized carbons (Fsp3) is 0.242. The van der Waals surface area contributed by atoms with Crippen molar-refractivity contribution in [2.24, 2.45) is 5.16 Å². The highest BCUT2D eigenvalue weighted by Gasteiger charge is 2.44. The average Bonchev–Trinajstić information content (AvgIpc) is 3.56. The molecule has 0 aliphatic carbocycles. The first kappa shape index (κ1) is 31.7. The molecule has 0 bridgehead atoms. The fourth-order valence-electron chi connectivity index (χ4n) is 5.68. The van der Waals surface area contributed by atoms with Crippen LogP contribution in [0.4, 0.5) is 0 Å². The van der Waals surface area contributed by atoms with Gasteiger partial charge in [0, 0.05) is 25.3 Å². The summed E-state index contributed by atoms with van der Waals surface area (Å²) < 4.78 is 13.6. The topological polar surface area (TPSA) is 151 Å². The highest BCUT2D eigenvalue weighted by Crippen LogP contribution is 2.36. The van der Waals surface area contributed by atoms with Crippen molar-refractivity contribution in [1.29, 1.82) is 0 Å². The Labute approximate surface area is 273 Å². The van der Waals surface area contributed by atoms with E-state index in [4.69, 9.17) is 37.5 Å². The molecule has 11 nitrogen and oxygen atoms in total. The third-order valence-corrected chi connectivity index (χ3v) is 8.59. The third-order valence-electron chi connectivity index (χ3n) is 7.85. The zero-order valence-corrected chi connectivity index (χ0v) is 26.0. The van der Waals surface area contributed by atoms with Crippen LogP contribution < -0.4 is 10.2 Å². The molecule has 3 aromatic carbocycles. The van der Waals surface area contributed by atoms with Crippen LogP contribution in [0, 0.1) is 0 Å². The molecule has 1 aliphatic heterocycles. The molecule has 0 unspecified atom stereocenters. The fourth-order valence-corrected chi connectivity index (χ4v) is 5.97. The SMILES string of the molecule is CO/N=c1\nc[nH]c2c1c(CCO)cn2[C@@H]1O[C@@H](Cc2cc(-c3ccccc3)ccc2C(=O)Oc2ccc(Cl)c(Cl)c2)[C@@H](O)[C@H]1O. The normalized spacial score (nSPS) is 19.9. The van der Waals surface area contributed by atoms with Crippen LogP contribution in [0.3, 0.4) is 0 Å². The number of aliphatic hydroxyl groups excluding tert-OH is 3. The van der Waals surface area contributed by atoms with E-state index in [0.717, 1.165) is 11.1 Å². The van der Waals surface area contributed by atoms with Gasteiger partial charge < -0.3 is 39.2 Å². The van der Waals surface area contributed by atoms with E-state index in [-0.39, 0.29) is 41.3 Å². The molecule has 3 heterocycles. The van der Waals surface area contributed by atoms with Crippen LogP contribution in [0.5, 0.6) is 5.75 Å². The standard InChI is InChI=1S/C33H30Cl2N4O7/c1-44-38-30-27-20(11-12-40)16-39(31(27)37-17-36-30)32-29(42)28(41)26(46-32)14-21-13-19(18-5-3-2-4-6-18)7-9-23(21)33(43)45-22-8-10-24(34)25(35)15-22/h2-10,13,15-17,26,28-29,32,40-42H,11-12,14H2,1H3,(H,36,37,38)/t26-,28+,29+,32+/m0/s1. The van der Waals surface area contributed by atoms with Gasteiger partial charge in [-0.15, -0.1) is 0 Å². The molecule has 1 fully saturated rings. The van der Waals surface area contributed by atoms with E-state index in [2.05, 4.69) is 15.1 Å². The van der Waals surface area contributed by atoms with Gasteiger partial charge in [0.1, 0.15) is 30.7 Å². The summed E-state index contributed by atoms with van der Waals surface area (Å²) in [4.78, 5) is 25.7. The van der Waals surface area contributed by atoms with Gasteiger partial charge in [-0.1, -0.05) is 70.8 Å². The number of H-pyrrole nitrogens is 1. The lowest BCUT2D eigenvalue weighted by Crippen LogP contribution is -2.33. The number of nitrogens with one attached hydrogen (secondary N) is 1. The first-order valence-corrected chi connectivity index (χ1v) is 15.2. The van der Waals surface area contributed by atoms with Crippen molar-refractivity contribution in [3.05, 3.63) is 111 Å². The summed E-state index contributed by atoms with van der Waals surface area (Å²) in [7, 11) is 1.40. The minimum absolute atomic E-state index is 0.0689. The summed E-state index contributed by atoms with van der Waals surface area (Å²) in [6.07, 6.45) is -1.09. The minimum Gasteiger partial charge on any atom is -0.423 e. The summed E-state index contributed by atoms with van der Waals surface area (Å²) in [6, 6.07) is 19.5. The monoisotopic (exact) mass is 664 g/mol. The van der Waals surface area contributed by atoms with Gasteiger partial charge >= 0.3 is 5.97 Å². The number of aromatic nitrogens is 3. The highest BCUT2D eigenvalue weighted by molar-refractivity contribution is 6.42. The number of aromatic amines is 1. The molecule has 4 N–H and O–H groups in total. The summed E-state index contributed by atoms with van der Waals surface area (Å²) in [5.41, 5.74) is 4.03. The number of benzene rings is 3. The maximum absolute atomic E-state index is 13.5. The van der Waals surface area contributed by atoms with Gasteiger partial charge in [-0.2, -0.15) is 0 Å². The summed E-state index contributed by atoms with van der Waals surface area (Å²) >= 11 is 12.2. The number of aliphatic hydroxyl groups is 3. The van der Waals surface area contributed by atoms with Crippen LogP contribution in [-0.2, 0) is 22.4 Å². The lowest BCUT2D eigenvalue weighted by atomic mass is 9.94. The van der Waals surface area contributed by atoms with Gasteiger partial charge in [0.15, 0.2) is 6.23 Å². The Kier molecular flexibility index (Phi) is 9.41. The summed E-state index contributed by atoms with van der Waals surface area (Å²) in [5, 5.41) is 37.3. The van der Waals surface area contributed by atoms with Crippen LogP contribution in [0.15, 0.2) is 84.4 Å². The molecule has 13 heteroatoms. The van der Waals surface area contributed by atoms with Crippen molar-refractivity contribution in [2.45, 2.75) is 37.4 Å². The zero-order valence-electron chi connectivity index (χ0n) is 24.5. The highest BCUT2D eigenvalue weighted by atomic mass is 35.5. The molecule has 0 radical (unpaired) electrons. The van der Waals surface area contributed by atoms with Crippen molar-refractivity contribution in [3.8, 4) is 16.9 Å². The predicted molar refractivity (Wildman–Crippen MR) is 170 cm³/mol. The van der Waals surface area contributed by atoms with Crippen LogP contribution in [-0.4, -0.2) is 67.9 Å². The van der Waals surface area contributed by atoms with E-state index in [1.54, 1.807) is 22.9 Å². The van der Waals surface area contributed by atoms with Gasteiger partial charge in [-0.25, -0.2) is 9.78 Å².